The van der Waals surface area contributed by atoms with E-state index in [-0.39, 0.29) is 5.92 Å². The first-order chi connectivity index (χ1) is 14.3. The number of nitrogens with zero attached hydrogens (tertiary/aromatic N) is 2. The number of ether oxygens (including phenoxy) is 2. The molecule has 1 fully saturated rings. The molecule has 0 radical (unpaired) electrons. The van der Waals surface area contributed by atoms with Crippen LogP contribution in [0.5, 0.6) is 5.75 Å². The Morgan fingerprint density at radius 3 is 2.59 bits per heavy atom. The molecule has 0 spiro atoms. The van der Waals surface area contributed by atoms with E-state index in [1.807, 2.05) is 18.2 Å². The van der Waals surface area contributed by atoms with Crippen molar-refractivity contribution < 1.29 is 14.3 Å². The number of hydrogen-bond acceptors (Lipinski definition) is 4. The van der Waals surface area contributed by atoms with E-state index in [0.717, 1.165) is 56.9 Å². The molecule has 29 heavy (non-hydrogen) atoms. The van der Waals surface area contributed by atoms with Gasteiger partial charge in [-0.2, -0.15) is 0 Å². The van der Waals surface area contributed by atoms with E-state index in [4.69, 9.17) is 9.47 Å². The van der Waals surface area contributed by atoms with Gasteiger partial charge < -0.3 is 19.3 Å². The second-order valence-corrected chi connectivity index (χ2v) is 7.76. The third-order valence-electron chi connectivity index (χ3n) is 6.01. The van der Waals surface area contributed by atoms with Gasteiger partial charge in [-0.25, -0.2) is 0 Å². The van der Waals surface area contributed by atoms with Crippen molar-refractivity contribution >= 4 is 11.6 Å². The number of para-hydroxylation sites is 2. The average molecular weight is 395 g/mol. The molecule has 1 saturated heterocycles. The average Bonchev–Trinajstić information content (AvgIpc) is 2.79. The largest absolute Gasteiger partial charge is 0.489 e. The predicted molar refractivity (Wildman–Crippen MR) is 115 cm³/mol. The van der Waals surface area contributed by atoms with Crippen LogP contribution >= 0.6 is 0 Å². The van der Waals surface area contributed by atoms with Gasteiger partial charge in [-0.1, -0.05) is 36.4 Å². The number of benzene rings is 2. The summed E-state index contributed by atoms with van der Waals surface area (Å²) in [5.41, 5.74) is 3.68. The molecule has 154 valence electrons. The lowest BCUT2D eigenvalue weighted by molar-refractivity contribution is -0.133. The highest BCUT2D eigenvalue weighted by molar-refractivity contribution is 5.84. The zero-order valence-corrected chi connectivity index (χ0v) is 17.2. The number of anilines is 1. The maximum absolute atomic E-state index is 13.3. The van der Waals surface area contributed by atoms with Crippen molar-refractivity contribution in [1.29, 1.82) is 0 Å². The Morgan fingerprint density at radius 1 is 1.00 bits per heavy atom. The zero-order valence-electron chi connectivity index (χ0n) is 17.2. The van der Waals surface area contributed by atoms with Gasteiger partial charge in [0.25, 0.3) is 0 Å². The number of methoxy groups -OCH3 is 1. The summed E-state index contributed by atoms with van der Waals surface area (Å²) in [5, 5.41) is 0. The van der Waals surface area contributed by atoms with E-state index in [1.54, 1.807) is 7.11 Å². The van der Waals surface area contributed by atoms with Crippen molar-refractivity contribution in [1.82, 2.24) is 4.90 Å². The maximum Gasteiger partial charge on any atom is 0.230 e. The molecule has 0 bridgehead atoms. The Hall–Kier alpha value is -2.53. The monoisotopic (exact) mass is 394 g/mol. The van der Waals surface area contributed by atoms with Crippen molar-refractivity contribution in [3.8, 4) is 5.75 Å². The van der Waals surface area contributed by atoms with Crippen LogP contribution < -0.4 is 9.64 Å². The van der Waals surface area contributed by atoms with Gasteiger partial charge in [0.1, 0.15) is 12.4 Å². The molecule has 2 aromatic rings. The fraction of sp³-hybridized carbons (Fsp3) is 0.458. The fourth-order valence-electron chi connectivity index (χ4n) is 4.47. The number of amides is 1. The molecule has 5 heteroatoms. The number of carbonyl (C=O) groups is 1. The number of rotatable bonds is 6. The van der Waals surface area contributed by atoms with Crippen LogP contribution in [0.4, 0.5) is 5.69 Å². The molecule has 0 unspecified atom stereocenters. The molecular formula is C24H30N2O3. The number of fused-ring (bicyclic) bond motifs is 1. The van der Waals surface area contributed by atoms with Crippen LogP contribution in [0.15, 0.2) is 48.5 Å². The van der Waals surface area contributed by atoms with Gasteiger partial charge >= 0.3 is 0 Å². The van der Waals surface area contributed by atoms with Crippen molar-refractivity contribution in [2.45, 2.75) is 25.2 Å². The SMILES string of the molecule is COCCOc1ccccc1N1CCN(C(=O)[C@H]2CCCc3ccccc32)CC1. The van der Waals surface area contributed by atoms with Gasteiger partial charge in [-0.3, -0.25) is 4.79 Å². The van der Waals surface area contributed by atoms with Gasteiger partial charge in [0.15, 0.2) is 0 Å². The lowest BCUT2D eigenvalue weighted by Gasteiger charge is -2.39. The third-order valence-corrected chi connectivity index (χ3v) is 6.01. The quantitative estimate of drug-likeness (QED) is 0.704. The van der Waals surface area contributed by atoms with Crippen LogP contribution in [-0.2, 0) is 16.0 Å². The molecule has 2 aliphatic rings. The van der Waals surface area contributed by atoms with E-state index in [9.17, 15) is 4.79 Å². The minimum Gasteiger partial charge on any atom is -0.489 e. The molecule has 0 N–H and O–H groups in total. The van der Waals surface area contributed by atoms with Crippen LogP contribution in [0, 0.1) is 0 Å². The molecule has 2 aromatic carbocycles. The summed E-state index contributed by atoms with van der Waals surface area (Å²) < 4.78 is 11.0. The second kappa shape index (κ2) is 9.31. The Kier molecular flexibility index (Phi) is 6.35. The van der Waals surface area contributed by atoms with E-state index in [2.05, 4.69) is 40.1 Å². The van der Waals surface area contributed by atoms with Crippen molar-refractivity contribution in [2.24, 2.45) is 0 Å². The molecule has 0 aromatic heterocycles. The Balaban J connectivity index is 1.40. The molecule has 0 saturated carbocycles. The van der Waals surface area contributed by atoms with Crippen LogP contribution in [-0.4, -0.2) is 57.3 Å². The van der Waals surface area contributed by atoms with Gasteiger partial charge in [-0.15, -0.1) is 0 Å². The van der Waals surface area contributed by atoms with Crippen molar-refractivity contribution in [3.05, 3.63) is 59.7 Å². The minimum atomic E-state index is 0.0242. The first-order valence-corrected chi connectivity index (χ1v) is 10.6. The van der Waals surface area contributed by atoms with Crippen LogP contribution in [0.25, 0.3) is 0 Å². The summed E-state index contributed by atoms with van der Waals surface area (Å²) in [5.74, 6) is 1.20. The van der Waals surface area contributed by atoms with Gasteiger partial charge in [0.2, 0.25) is 5.91 Å². The van der Waals surface area contributed by atoms with E-state index < -0.39 is 0 Å². The molecule has 1 amide bonds. The maximum atomic E-state index is 13.3. The molecule has 1 aliphatic carbocycles. The summed E-state index contributed by atoms with van der Waals surface area (Å²) in [4.78, 5) is 17.6. The van der Waals surface area contributed by atoms with Gasteiger partial charge in [0.05, 0.1) is 18.2 Å². The number of hydrogen-bond donors (Lipinski definition) is 0. The molecular weight excluding hydrogens is 364 g/mol. The standard InChI is InChI=1S/C24H30N2O3/c1-28-17-18-29-23-12-5-4-11-22(23)25-13-15-26(16-14-25)24(27)21-10-6-8-19-7-2-3-9-20(19)21/h2-5,7,9,11-12,21H,6,8,10,13-18H2,1H3/t21-/m0/s1. The van der Waals surface area contributed by atoms with Crippen LogP contribution in [0.3, 0.4) is 0 Å². The smallest absolute Gasteiger partial charge is 0.230 e. The highest BCUT2D eigenvalue weighted by Crippen LogP contribution is 2.34. The molecule has 1 atom stereocenters. The number of piperazine rings is 1. The topological polar surface area (TPSA) is 42.0 Å². The lowest BCUT2D eigenvalue weighted by atomic mass is 9.82. The second-order valence-electron chi connectivity index (χ2n) is 7.76. The van der Waals surface area contributed by atoms with E-state index in [1.165, 1.54) is 11.1 Å². The fourth-order valence-corrected chi connectivity index (χ4v) is 4.47. The van der Waals surface area contributed by atoms with Gasteiger partial charge in [-0.05, 0) is 42.5 Å². The summed E-state index contributed by atoms with van der Waals surface area (Å²) >= 11 is 0. The lowest BCUT2D eigenvalue weighted by Crippen LogP contribution is -2.50. The summed E-state index contributed by atoms with van der Waals surface area (Å²) in [7, 11) is 1.68. The Bertz CT molecular complexity index is 830. The summed E-state index contributed by atoms with van der Waals surface area (Å²) in [6, 6.07) is 16.6. The molecule has 5 nitrogen and oxygen atoms in total. The number of aryl methyl sites for hydroxylation is 1. The zero-order chi connectivity index (χ0) is 20.1. The third kappa shape index (κ3) is 4.40. The highest BCUT2D eigenvalue weighted by Gasteiger charge is 2.31. The van der Waals surface area contributed by atoms with Crippen molar-refractivity contribution in [2.75, 3.05) is 51.4 Å². The molecule has 4 rings (SSSR count). The van der Waals surface area contributed by atoms with E-state index >= 15 is 0 Å². The first kappa shape index (κ1) is 19.8. The normalized spacial score (nSPS) is 19.0. The Morgan fingerprint density at radius 2 is 1.76 bits per heavy atom. The predicted octanol–water partition coefficient (Wildman–Crippen LogP) is 3.48. The van der Waals surface area contributed by atoms with Crippen molar-refractivity contribution in [3.63, 3.8) is 0 Å². The Labute approximate surface area is 173 Å². The van der Waals surface area contributed by atoms with Crippen LogP contribution in [0.2, 0.25) is 0 Å². The summed E-state index contributed by atoms with van der Waals surface area (Å²) in [6.07, 6.45) is 3.15. The van der Waals surface area contributed by atoms with E-state index in [0.29, 0.717) is 19.1 Å². The minimum absolute atomic E-state index is 0.0242. The number of carbonyl (C=O) groups excluding carboxylic acids is 1. The molecule has 1 heterocycles. The van der Waals surface area contributed by atoms with Gasteiger partial charge in [0, 0.05) is 33.3 Å². The summed E-state index contributed by atoms with van der Waals surface area (Å²) in [6.45, 7) is 4.26. The van der Waals surface area contributed by atoms with Crippen LogP contribution in [0.1, 0.15) is 29.9 Å². The molecule has 1 aliphatic heterocycles. The highest BCUT2D eigenvalue weighted by atomic mass is 16.5. The first-order valence-electron chi connectivity index (χ1n) is 10.6.